The zero-order valence-corrected chi connectivity index (χ0v) is 14.4. The van der Waals surface area contributed by atoms with Gasteiger partial charge in [0, 0.05) is 25.3 Å². The van der Waals surface area contributed by atoms with Crippen LogP contribution in [0.1, 0.15) is 21.5 Å². The first-order valence-corrected chi connectivity index (χ1v) is 7.69. The Labute approximate surface area is 142 Å². The van der Waals surface area contributed by atoms with Crippen LogP contribution >= 0.6 is 0 Å². The molecule has 0 atom stereocenters. The van der Waals surface area contributed by atoms with Gasteiger partial charge in [-0.25, -0.2) is 0 Å². The number of carbonyl (C=O) groups excluding carboxylic acids is 2. The Morgan fingerprint density at radius 2 is 1.58 bits per heavy atom. The van der Waals surface area contributed by atoms with Crippen molar-refractivity contribution in [3.05, 3.63) is 59.2 Å². The molecular formula is C19H22N2O3. The minimum Gasteiger partial charge on any atom is -0.483 e. The van der Waals surface area contributed by atoms with Gasteiger partial charge in [0.15, 0.2) is 6.61 Å². The Hall–Kier alpha value is -2.82. The summed E-state index contributed by atoms with van der Waals surface area (Å²) in [5, 5.41) is 2.76. The number of ether oxygens (including phenoxy) is 1. The van der Waals surface area contributed by atoms with Crippen LogP contribution in [0.4, 0.5) is 5.69 Å². The third kappa shape index (κ3) is 4.35. The molecule has 0 aromatic heterocycles. The van der Waals surface area contributed by atoms with E-state index in [9.17, 15) is 9.59 Å². The van der Waals surface area contributed by atoms with Crippen LogP contribution in [0.3, 0.4) is 0 Å². The highest BCUT2D eigenvalue weighted by Crippen LogP contribution is 2.22. The van der Waals surface area contributed by atoms with E-state index in [-0.39, 0.29) is 18.4 Å². The average Bonchev–Trinajstić information content (AvgIpc) is 2.54. The number of carbonyl (C=O) groups is 2. The molecule has 24 heavy (non-hydrogen) atoms. The zero-order chi connectivity index (χ0) is 17.7. The molecule has 0 radical (unpaired) electrons. The van der Waals surface area contributed by atoms with Crippen LogP contribution in [0, 0.1) is 13.8 Å². The molecule has 0 unspecified atom stereocenters. The van der Waals surface area contributed by atoms with Gasteiger partial charge >= 0.3 is 0 Å². The van der Waals surface area contributed by atoms with Gasteiger partial charge in [0.05, 0.1) is 0 Å². The molecule has 0 saturated carbocycles. The lowest BCUT2D eigenvalue weighted by atomic mass is 10.1. The molecule has 126 valence electrons. The van der Waals surface area contributed by atoms with Gasteiger partial charge in [-0.05, 0) is 49.2 Å². The number of rotatable bonds is 5. The maximum Gasteiger partial charge on any atom is 0.262 e. The van der Waals surface area contributed by atoms with Crippen molar-refractivity contribution in [1.29, 1.82) is 0 Å². The number of nitrogens with zero attached hydrogens (tertiary/aromatic N) is 1. The number of aryl methyl sites for hydroxylation is 2. The second-order valence-electron chi connectivity index (χ2n) is 5.83. The molecule has 1 N–H and O–H groups in total. The van der Waals surface area contributed by atoms with Gasteiger partial charge in [-0.3, -0.25) is 9.59 Å². The van der Waals surface area contributed by atoms with Crippen molar-refractivity contribution in [2.24, 2.45) is 0 Å². The number of para-hydroxylation sites is 1. The first-order chi connectivity index (χ1) is 11.4. The number of hydrogen-bond acceptors (Lipinski definition) is 3. The van der Waals surface area contributed by atoms with Gasteiger partial charge in [-0.1, -0.05) is 18.2 Å². The summed E-state index contributed by atoms with van der Waals surface area (Å²) in [6, 6.07) is 12.6. The number of benzene rings is 2. The highest BCUT2D eigenvalue weighted by molar-refractivity contribution is 5.95. The van der Waals surface area contributed by atoms with E-state index in [0.717, 1.165) is 16.9 Å². The quantitative estimate of drug-likeness (QED) is 0.919. The molecule has 0 aliphatic carbocycles. The summed E-state index contributed by atoms with van der Waals surface area (Å²) in [5.41, 5.74) is 3.19. The minimum absolute atomic E-state index is 0.0654. The molecule has 0 bridgehead atoms. The lowest BCUT2D eigenvalue weighted by molar-refractivity contribution is -0.118. The molecule has 2 amide bonds. The first-order valence-electron chi connectivity index (χ1n) is 7.69. The van der Waals surface area contributed by atoms with Crippen molar-refractivity contribution in [3.8, 4) is 5.75 Å². The molecule has 5 nitrogen and oxygen atoms in total. The van der Waals surface area contributed by atoms with Gasteiger partial charge < -0.3 is 15.0 Å². The lowest BCUT2D eigenvalue weighted by Gasteiger charge is -2.13. The summed E-state index contributed by atoms with van der Waals surface area (Å²) in [4.78, 5) is 25.3. The predicted octanol–water partition coefficient (Wildman–Crippen LogP) is 3.02. The van der Waals surface area contributed by atoms with Crippen molar-refractivity contribution in [3.63, 3.8) is 0 Å². The minimum atomic E-state index is -0.246. The summed E-state index contributed by atoms with van der Waals surface area (Å²) in [5.74, 6) is 0.412. The van der Waals surface area contributed by atoms with Crippen LogP contribution in [-0.4, -0.2) is 37.4 Å². The second-order valence-corrected chi connectivity index (χ2v) is 5.83. The highest BCUT2D eigenvalue weighted by Gasteiger charge is 2.10. The summed E-state index contributed by atoms with van der Waals surface area (Å²) in [6.45, 7) is 3.82. The number of hydrogen-bond donors (Lipinski definition) is 1. The fraction of sp³-hybridized carbons (Fsp3) is 0.263. The molecule has 0 heterocycles. The topological polar surface area (TPSA) is 58.6 Å². The highest BCUT2D eigenvalue weighted by atomic mass is 16.5. The Morgan fingerprint density at radius 3 is 2.12 bits per heavy atom. The van der Waals surface area contributed by atoms with Crippen LogP contribution in [-0.2, 0) is 4.79 Å². The number of amides is 2. The molecule has 0 saturated heterocycles. The van der Waals surface area contributed by atoms with Gasteiger partial charge in [0.1, 0.15) is 5.75 Å². The Kier molecular flexibility index (Phi) is 5.58. The first kappa shape index (κ1) is 17.5. The molecule has 2 aromatic carbocycles. The molecule has 5 heteroatoms. The van der Waals surface area contributed by atoms with E-state index in [0.29, 0.717) is 11.3 Å². The van der Waals surface area contributed by atoms with Gasteiger partial charge in [-0.15, -0.1) is 0 Å². The summed E-state index contributed by atoms with van der Waals surface area (Å²) >= 11 is 0. The summed E-state index contributed by atoms with van der Waals surface area (Å²) < 4.78 is 5.62. The van der Waals surface area contributed by atoms with E-state index in [1.165, 1.54) is 4.90 Å². The molecule has 0 aliphatic rings. The fourth-order valence-electron chi connectivity index (χ4n) is 2.32. The van der Waals surface area contributed by atoms with Crippen LogP contribution < -0.4 is 10.1 Å². The maximum absolute atomic E-state index is 12.0. The lowest BCUT2D eigenvalue weighted by Crippen LogP contribution is -2.22. The molecule has 0 aliphatic heterocycles. The van der Waals surface area contributed by atoms with Gasteiger partial charge in [0.25, 0.3) is 11.8 Å². The van der Waals surface area contributed by atoms with E-state index in [2.05, 4.69) is 5.32 Å². The van der Waals surface area contributed by atoms with Gasteiger partial charge in [0.2, 0.25) is 0 Å². The SMILES string of the molecule is Cc1cccc(C)c1OCC(=O)Nc1ccc(C(=O)N(C)C)cc1. The van der Waals surface area contributed by atoms with Crippen LogP contribution in [0.15, 0.2) is 42.5 Å². The largest absolute Gasteiger partial charge is 0.483 e. The molecular weight excluding hydrogens is 304 g/mol. The normalized spacial score (nSPS) is 10.2. The number of anilines is 1. The Bertz CT molecular complexity index is 717. The van der Waals surface area contributed by atoms with Crippen molar-refractivity contribution in [2.75, 3.05) is 26.0 Å². The Balaban J connectivity index is 1.94. The van der Waals surface area contributed by atoms with Crippen LogP contribution in [0.25, 0.3) is 0 Å². The Morgan fingerprint density at radius 1 is 1.00 bits per heavy atom. The third-order valence-electron chi connectivity index (χ3n) is 3.58. The fourth-order valence-corrected chi connectivity index (χ4v) is 2.32. The maximum atomic E-state index is 12.0. The van der Waals surface area contributed by atoms with Crippen molar-refractivity contribution >= 4 is 17.5 Å². The number of nitrogens with one attached hydrogen (secondary N) is 1. The molecule has 2 aromatic rings. The molecule has 0 spiro atoms. The van der Waals surface area contributed by atoms with E-state index < -0.39 is 0 Å². The van der Waals surface area contributed by atoms with Crippen LogP contribution in [0.5, 0.6) is 5.75 Å². The van der Waals surface area contributed by atoms with Crippen molar-refractivity contribution in [1.82, 2.24) is 4.90 Å². The summed E-state index contributed by atoms with van der Waals surface area (Å²) in [7, 11) is 3.39. The monoisotopic (exact) mass is 326 g/mol. The smallest absolute Gasteiger partial charge is 0.262 e. The zero-order valence-electron chi connectivity index (χ0n) is 14.4. The molecule has 2 rings (SSSR count). The molecule has 0 fully saturated rings. The average molecular weight is 326 g/mol. The second kappa shape index (κ2) is 7.64. The predicted molar refractivity (Wildman–Crippen MR) is 94.5 cm³/mol. The van der Waals surface area contributed by atoms with E-state index in [1.807, 2.05) is 32.0 Å². The van der Waals surface area contributed by atoms with E-state index in [4.69, 9.17) is 4.74 Å². The van der Waals surface area contributed by atoms with Gasteiger partial charge in [-0.2, -0.15) is 0 Å². The summed E-state index contributed by atoms with van der Waals surface area (Å²) in [6.07, 6.45) is 0. The van der Waals surface area contributed by atoms with Crippen LogP contribution in [0.2, 0.25) is 0 Å². The standard InChI is InChI=1S/C19H22N2O3/c1-13-6-5-7-14(2)18(13)24-12-17(22)20-16-10-8-15(9-11-16)19(23)21(3)4/h5-11H,12H2,1-4H3,(H,20,22). The van der Waals surface area contributed by atoms with Crippen molar-refractivity contribution < 1.29 is 14.3 Å². The van der Waals surface area contributed by atoms with E-state index in [1.54, 1.807) is 38.4 Å². The van der Waals surface area contributed by atoms with Crippen molar-refractivity contribution in [2.45, 2.75) is 13.8 Å². The third-order valence-corrected chi connectivity index (χ3v) is 3.58. The van der Waals surface area contributed by atoms with E-state index >= 15 is 0 Å².